The highest BCUT2D eigenvalue weighted by molar-refractivity contribution is 7.19. The zero-order chi connectivity index (χ0) is 18.4. The summed E-state index contributed by atoms with van der Waals surface area (Å²) in [6, 6.07) is 5.88. The molecule has 0 bridgehead atoms. The van der Waals surface area contributed by atoms with Gasteiger partial charge >= 0.3 is 4.87 Å². The van der Waals surface area contributed by atoms with Crippen molar-refractivity contribution in [2.24, 2.45) is 11.7 Å². The molecular formula is C19H19N5OS2. The maximum Gasteiger partial charge on any atom is 0.305 e. The lowest BCUT2D eigenvalue weighted by molar-refractivity contribution is 0.439. The number of hydrogen-bond acceptors (Lipinski definition) is 7. The van der Waals surface area contributed by atoms with E-state index in [-0.39, 0.29) is 4.87 Å². The molecule has 5 rings (SSSR count). The van der Waals surface area contributed by atoms with Crippen molar-refractivity contribution in [2.45, 2.75) is 25.7 Å². The first-order valence-electron chi connectivity index (χ1n) is 9.06. The van der Waals surface area contributed by atoms with Gasteiger partial charge in [-0.05, 0) is 61.9 Å². The van der Waals surface area contributed by atoms with Crippen molar-refractivity contribution < 1.29 is 0 Å². The van der Waals surface area contributed by atoms with Crippen molar-refractivity contribution in [2.75, 3.05) is 11.9 Å². The summed E-state index contributed by atoms with van der Waals surface area (Å²) >= 11 is 3.00. The average molecular weight is 398 g/mol. The molecule has 0 amide bonds. The smallest absolute Gasteiger partial charge is 0.305 e. The minimum atomic E-state index is -0.0366. The molecule has 0 aliphatic heterocycles. The number of thiophene rings is 1. The fourth-order valence-corrected chi connectivity index (χ4v) is 5.99. The Morgan fingerprint density at radius 2 is 2.22 bits per heavy atom. The quantitative estimate of drug-likeness (QED) is 0.487. The van der Waals surface area contributed by atoms with Gasteiger partial charge in [-0.2, -0.15) is 0 Å². The van der Waals surface area contributed by atoms with Crippen LogP contribution >= 0.6 is 22.7 Å². The number of rotatable bonds is 4. The summed E-state index contributed by atoms with van der Waals surface area (Å²) in [5.74, 6) is 1.52. The number of fused-ring (bicyclic) bond motifs is 4. The van der Waals surface area contributed by atoms with Crippen molar-refractivity contribution in [1.29, 1.82) is 0 Å². The molecule has 0 saturated carbocycles. The van der Waals surface area contributed by atoms with E-state index in [1.54, 1.807) is 17.7 Å². The van der Waals surface area contributed by atoms with E-state index >= 15 is 0 Å². The van der Waals surface area contributed by atoms with Crippen molar-refractivity contribution in [3.05, 3.63) is 44.6 Å². The van der Waals surface area contributed by atoms with Crippen LogP contribution in [0.3, 0.4) is 0 Å². The summed E-state index contributed by atoms with van der Waals surface area (Å²) in [7, 11) is 0. The highest BCUT2D eigenvalue weighted by Gasteiger charge is 2.24. The maximum atomic E-state index is 11.5. The van der Waals surface area contributed by atoms with Gasteiger partial charge in [0.25, 0.3) is 0 Å². The highest BCUT2D eigenvalue weighted by atomic mass is 32.1. The third kappa shape index (κ3) is 3.03. The number of anilines is 2. The first-order chi connectivity index (χ1) is 13.2. The van der Waals surface area contributed by atoms with Crippen LogP contribution in [0.4, 0.5) is 11.5 Å². The van der Waals surface area contributed by atoms with Crippen molar-refractivity contribution in [3.8, 4) is 0 Å². The SMILES string of the molecule is NCCC1CCc2c(sc3ncnc(Nc4ccc5[nH]c(=O)sc5c4)c23)C1. The van der Waals surface area contributed by atoms with Crippen LogP contribution in [0.2, 0.25) is 0 Å². The number of nitrogens with zero attached hydrogens (tertiary/aromatic N) is 2. The molecule has 4 aromatic rings. The van der Waals surface area contributed by atoms with Crippen LogP contribution in [0.15, 0.2) is 29.3 Å². The predicted octanol–water partition coefficient (Wildman–Crippen LogP) is 3.79. The summed E-state index contributed by atoms with van der Waals surface area (Å²) in [5.41, 5.74) is 8.93. The Kier molecular flexibility index (Phi) is 4.18. The van der Waals surface area contributed by atoms with Gasteiger partial charge in [0.15, 0.2) is 0 Å². The van der Waals surface area contributed by atoms with E-state index in [1.807, 2.05) is 18.2 Å². The molecule has 0 spiro atoms. The zero-order valence-corrected chi connectivity index (χ0v) is 16.3. The molecule has 1 aliphatic rings. The molecular weight excluding hydrogens is 378 g/mol. The minimum absolute atomic E-state index is 0.0366. The van der Waals surface area contributed by atoms with Gasteiger partial charge in [0.05, 0.1) is 15.6 Å². The Hall–Kier alpha value is -2.29. The molecule has 6 nitrogen and oxygen atoms in total. The van der Waals surface area contributed by atoms with Gasteiger partial charge in [-0.3, -0.25) is 4.79 Å². The molecule has 138 valence electrons. The van der Waals surface area contributed by atoms with E-state index in [9.17, 15) is 4.79 Å². The topological polar surface area (TPSA) is 96.7 Å². The minimum Gasteiger partial charge on any atom is -0.340 e. The number of aromatic nitrogens is 3. The first-order valence-corrected chi connectivity index (χ1v) is 10.7. The summed E-state index contributed by atoms with van der Waals surface area (Å²) in [5, 5.41) is 4.59. The summed E-state index contributed by atoms with van der Waals surface area (Å²) in [4.78, 5) is 25.8. The van der Waals surface area contributed by atoms with E-state index < -0.39 is 0 Å². The van der Waals surface area contributed by atoms with E-state index in [0.29, 0.717) is 5.92 Å². The lowest BCUT2D eigenvalue weighted by Gasteiger charge is -2.21. The molecule has 1 aromatic carbocycles. The molecule has 3 aromatic heterocycles. The first kappa shape index (κ1) is 16.9. The molecule has 4 N–H and O–H groups in total. The second-order valence-electron chi connectivity index (χ2n) is 6.94. The predicted molar refractivity (Wildman–Crippen MR) is 112 cm³/mol. The standard InChI is InChI=1S/C19H19N5OS2/c20-6-5-10-1-3-12-14(7-10)26-18-16(12)17(21-9-22-18)23-11-2-4-13-15(8-11)27-19(25)24-13/h2,4,8-10H,1,3,5-7,20H2,(H,24,25)(H,21,22,23). The molecule has 1 aliphatic carbocycles. The van der Waals surface area contributed by atoms with Crippen LogP contribution in [0, 0.1) is 5.92 Å². The van der Waals surface area contributed by atoms with Gasteiger partial charge in [0.2, 0.25) is 0 Å². The molecule has 3 heterocycles. The molecule has 0 saturated heterocycles. The van der Waals surface area contributed by atoms with Gasteiger partial charge < -0.3 is 16.0 Å². The molecule has 27 heavy (non-hydrogen) atoms. The van der Waals surface area contributed by atoms with Gasteiger partial charge in [0.1, 0.15) is 17.0 Å². The van der Waals surface area contributed by atoms with Gasteiger partial charge in [0, 0.05) is 10.6 Å². The Labute approximate surface area is 163 Å². The van der Waals surface area contributed by atoms with Crippen LogP contribution in [0.25, 0.3) is 20.4 Å². The maximum absolute atomic E-state index is 11.5. The number of thiazole rings is 1. The second-order valence-corrected chi connectivity index (χ2v) is 9.04. The van der Waals surface area contributed by atoms with Crippen LogP contribution < -0.4 is 15.9 Å². The fourth-order valence-electron chi connectivity index (χ4n) is 3.92. The highest BCUT2D eigenvalue weighted by Crippen LogP contribution is 2.41. The Bertz CT molecular complexity index is 1190. The number of aromatic amines is 1. The normalized spacial score (nSPS) is 16.7. The van der Waals surface area contributed by atoms with E-state index in [2.05, 4.69) is 20.3 Å². The molecule has 8 heteroatoms. The zero-order valence-electron chi connectivity index (χ0n) is 14.6. The van der Waals surface area contributed by atoms with Gasteiger partial charge in [-0.15, -0.1) is 11.3 Å². The number of aryl methyl sites for hydroxylation is 1. The number of H-pyrrole nitrogens is 1. The summed E-state index contributed by atoms with van der Waals surface area (Å²) in [6.45, 7) is 0.755. The van der Waals surface area contributed by atoms with Gasteiger partial charge in [-0.1, -0.05) is 11.3 Å². The third-order valence-corrected chi connectivity index (χ3v) is 7.21. The largest absolute Gasteiger partial charge is 0.340 e. The number of benzene rings is 1. The molecule has 1 atom stereocenters. The van der Waals surface area contributed by atoms with Gasteiger partial charge in [-0.25, -0.2) is 9.97 Å². The Morgan fingerprint density at radius 3 is 3.11 bits per heavy atom. The summed E-state index contributed by atoms with van der Waals surface area (Å²) < 4.78 is 0.937. The fraction of sp³-hybridized carbons (Fsp3) is 0.316. The number of nitrogens with one attached hydrogen (secondary N) is 2. The lowest BCUT2D eigenvalue weighted by Crippen LogP contribution is -2.16. The van der Waals surface area contributed by atoms with Crippen molar-refractivity contribution in [3.63, 3.8) is 0 Å². The van der Waals surface area contributed by atoms with Crippen LogP contribution in [-0.4, -0.2) is 21.5 Å². The third-order valence-electron chi connectivity index (χ3n) is 5.21. The van der Waals surface area contributed by atoms with E-state index in [1.165, 1.54) is 28.2 Å². The summed E-state index contributed by atoms with van der Waals surface area (Å²) in [6.07, 6.45) is 6.03. The molecule has 0 radical (unpaired) electrons. The van der Waals surface area contributed by atoms with E-state index in [4.69, 9.17) is 5.73 Å². The lowest BCUT2D eigenvalue weighted by atomic mass is 9.86. The average Bonchev–Trinajstić information content (AvgIpc) is 3.21. The van der Waals surface area contributed by atoms with Crippen molar-refractivity contribution in [1.82, 2.24) is 15.0 Å². The van der Waals surface area contributed by atoms with Crippen LogP contribution in [0.1, 0.15) is 23.3 Å². The second kappa shape index (κ2) is 6.70. The van der Waals surface area contributed by atoms with E-state index in [0.717, 1.165) is 57.7 Å². The van der Waals surface area contributed by atoms with Crippen molar-refractivity contribution >= 4 is 54.6 Å². The van der Waals surface area contributed by atoms with Crippen LogP contribution in [-0.2, 0) is 12.8 Å². The molecule has 0 fully saturated rings. The number of nitrogens with two attached hydrogens (primary N) is 1. The Balaban J connectivity index is 1.54. The molecule has 1 unspecified atom stereocenters. The number of hydrogen-bond donors (Lipinski definition) is 3. The Morgan fingerprint density at radius 1 is 1.30 bits per heavy atom. The monoisotopic (exact) mass is 397 g/mol. The van der Waals surface area contributed by atoms with Crippen LogP contribution in [0.5, 0.6) is 0 Å².